The highest BCUT2D eigenvalue weighted by molar-refractivity contribution is 5.49. The summed E-state index contributed by atoms with van der Waals surface area (Å²) in [5.41, 5.74) is 6.38. The fourth-order valence-electron chi connectivity index (χ4n) is 2.44. The summed E-state index contributed by atoms with van der Waals surface area (Å²) in [6, 6.07) is 7.48. The van der Waals surface area contributed by atoms with Crippen molar-refractivity contribution in [3.05, 3.63) is 24.3 Å². The minimum Gasteiger partial charge on any atom is -0.492 e. The second-order valence-corrected chi connectivity index (χ2v) is 5.10. The van der Waals surface area contributed by atoms with Crippen molar-refractivity contribution in [2.45, 2.75) is 19.3 Å². The van der Waals surface area contributed by atoms with Gasteiger partial charge in [-0.15, -0.1) is 0 Å². The predicted octanol–water partition coefficient (Wildman–Crippen LogP) is 1.95. The molecule has 0 aliphatic carbocycles. The largest absolute Gasteiger partial charge is 0.492 e. The molecule has 1 heterocycles. The van der Waals surface area contributed by atoms with Crippen LogP contribution in [0.1, 0.15) is 19.3 Å². The van der Waals surface area contributed by atoms with Gasteiger partial charge in [0.2, 0.25) is 0 Å². The van der Waals surface area contributed by atoms with Crippen molar-refractivity contribution in [1.82, 2.24) is 4.90 Å². The Kier molecular flexibility index (Phi) is 5.21. The quantitative estimate of drug-likeness (QED) is 0.629. The lowest BCUT2D eigenvalue weighted by Crippen LogP contribution is -2.36. The summed E-state index contributed by atoms with van der Waals surface area (Å²) < 4.78 is 5.68. The van der Waals surface area contributed by atoms with Crippen molar-refractivity contribution in [3.63, 3.8) is 0 Å². The molecule has 0 bridgehead atoms. The highest BCUT2D eigenvalue weighted by Gasteiger charge is 2.18. The smallest absolute Gasteiger partial charge is 0.120 e. The Bertz CT molecular complexity index is 384. The molecule has 2 N–H and O–H groups in total. The molecule has 0 amide bonds. The SMILES string of the molecule is Nc1ccc(OCCN2CCC(CC=O)CC2)cc1. The molecule has 4 heteroatoms. The first-order valence-corrected chi connectivity index (χ1v) is 6.92. The first-order valence-electron chi connectivity index (χ1n) is 6.92. The minimum absolute atomic E-state index is 0.590. The molecule has 1 aromatic carbocycles. The third-order valence-electron chi connectivity index (χ3n) is 3.69. The number of rotatable bonds is 6. The number of ether oxygens (including phenoxy) is 1. The Morgan fingerprint density at radius 3 is 2.58 bits per heavy atom. The number of hydrogen-bond donors (Lipinski definition) is 1. The van der Waals surface area contributed by atoms with Crippen molar-refractivity contribution in [2.24, 2.45) is 5.92 Å². The van der Waals surface area contributed by atoms with Gasteiger partial charge in [-0.3, -0.25) is 4.90 Å². The van der Waals surface area contributed by atoms with Gasteiger partial charge in [0.15, 0.2) is 0 Å². The average Bonchev–Trinajstić information content (AvgIpc) is 2.43. The van der Waals surface area contributed by atoms with E-state index in [1.165, 1.54) is 0 Å². The molecule has 0 aromatic heterocycles. The molecule has 1 aromatic rings. The number of carbonyl (C=O) groups is 1. The first-order chi connectivity index (χ1) is 9.28. The van der Waals surface area contributed by atoms with Crippen LogP contribution in [0.15, 0.2) is 24.3 Å². The number of piperidine rings is 1. The average molecular weight is 262 g/mol. The molecule has 0 saturated carbocycles. The summed E-state index contributed by atoms with van der Waals surface area (Å²) in [5.74, 6) is 1.46. The number of nitrogens with zero attached hydrogens (tertiary/aromatic N) is 1. The normalized spacial score (nSPS) is 17.3. The summed E-state index contributed by atoms with van der Waals surface area (Å²) in [7, 11) is 0. The van der Waals surface area contributed by atoms with E-state index in [1.807, 2.05) is 24.3 Å². The van der Waals surface area contributed by atoms with E-state index in [2.05, 4.69) is 4.90 Å². The van der Waals surface area contributed by atoms with E-state index >= 15 is 0 Å². The molecule has 0 radical (unpaired) electrons. The molecular formula is C15H22N2O2. The predicted molar refractivity (Wildman–Crippen MR) is 76.2 cm³/mol. The van der Waals surface area contributed by atoms with E-state index < -0.39 is 0 Å². The van der Waals surface area contributed by atoms with Gasteiger partial charge in [0.05, 0.1) is 0 Å². The van der Waals surface area contributed by atoms with Crippen LogP contribution >= 0.6 is 0 Å². The lowest BCUT2D eigenvalue weighted by molar-refractivity contribution is -0.108. The molecule has 2 rings (SSSR count). The van der Waals surface area contributed by atoms with Crippen LogP contribution in [0.25, 0.3) is 0 Å². The number of likely N-dealkylation sites (tertiary alicyclic amines) is 1. The fourth-order valence-corrected chi connectivity index (χ4v) is 2.44. The number of nitrogen functional groups attached to an aromatic ring is 1. The summed E-state index contributed by atoms with van der Waals surface area (Å²) in [4.78, 5) is 12.9. The van der Waals surface area contributed by atoms with E-state index in [9.17, 15) is 4.79 Å². The van der Waals surface area contributed by atoms with Gasteiger partial charge in [-0.2, -0.15) is 0 Å². The Balaban J connectivity index is 1.64. The molecule has 104 valence electrons. The van der Waals surface area contributed by atoms with E-state index in [4.69, 9.17) is 10.5 Å². The van der Waals surface area contributed by atoms with Crippen LogP contribution in [0.4, 0.5) is 5.69 Å². The van der Waals surface area contributed by atoms with Crippen LogP contribution in [0.3, 0.4) is 0 Å². The molecule has 1 saturated heterocycles. The highest BCUT2D eigenvalue weighted by atomic mass is 16.5. The number of carbonyl (C=O) groups excluding carboxylic acids is 1. The van der Waals surface area contributed by atoms with E-state index in [0.29, 0.717) is 12.5 Å². The van der Waals surface area contributed by atoms with Crippen LogP contribution in [0, 0.1) is 5.92 Å². The van der Waals surface area contributed by atoms with E-state index in [0.717, 1.165) is 56.6 Å². The Morgan fingerprint density at radius 1 is 1.26 bits per heavy atom. The molecular weight excluding hydrogens is 240 g/mol. The number of hydrogen-bond acceptors (Lipinski definition) is 4. The standard InChI is InChI=1S/C15H22N2O2/c16-14-1-3-15(4-2-14)19-12-10-17-8-5-13(6-9-17)7-11-18/h1-4,11,13H,5-10,12,16H2. The fraction of sp³-hybridized carbons (Fsp3) is 0.533. The molecule has 19 heavy (non-hydrogen) atoms. The van der Waals surface area contributed by atoms with Crippen LogP contribution in [-0.2, 0) is 4.79 Å². The van der Waals surface area contributed by atoms with Crippen LogP contribution in [0.5, 0.6) is 5.75 Å². The van der Waals surface area contributed by atoms with Crippen molar-refractivity contribution in [1.29, 1.82) is 0 Å². The summed E-state index contributed by atoms with van der Waals surface area (Å²) in [5, 5.41) is 0. The maximum atomic E-state index is 10.5. The summed E-state index contributed by atoms with van der Waals surface area (Å²) >= 11 is 0. The van der Waals surface area contributed by atoms with E-state index in [1.54, 1.807) is 0 Å². The zero-order chi connectivity index (χ0) is 13.5. The topological polar surface area (TPSA) is 55.6 Å². The van der Waals surface area contributed by atoms with Crippen LogP contribution in [-0.4, -0.2) is 37.4 Å². The summed E-state index contributed by atoms with van der Waals surface area (Å²) in [6.45, 7) is 3.79. The third-order valence-corrected chi connectivity index (χ3v) is 3.69. The number of anilines is 1. The van der Waals surface area contributed by atoms with Gasteiger partial charge in [-0.05, 0) is 56.1 Å². The summed E-state index contributed by atoms with van der Waals surface area (Å²) in [6.07, 6.45) is 4.02. The highest BCUT2D eigenvalue weighted by Crippen LogP contribution is 2.19. The van der Waals surface area contributed by atoms with Crippen molar-refractivity contribution >= 4 is 12.0 Å². The maximum absolute atomic E-state index is 10.5. The van der Waals surface area contributed by atoms with Gasteiger partial charge >= 0.3 is 0 Å². The second kappa shape index (κ2) is 7.14. The Hall–Kier alpha value is -1.55. The van der Waals surface area contributed by atoms with Crippen molar-refractivity contribution in [2.75, 3.05) is 32.0 Å². The maximum Gasteiger partial charge on any atom is 0.120 e. The van der Waals surface area contributed by atoms with Crippen molar-refractivity contribution < 1.29 is 9.53 Å². The third kappa shape index (κ3) is 4.56. The molecule has 0 unspecified atom stereocenters. The molecule has 0 atom stereocenters. The number of aldehydes is 1. The first kappa shape index (κ1) is 13.9. The van der Waals surface area contributed by atoms with Gasteiger partial charge in [-0.1, -0.05) is 0 Å². The second-order valence-electron chi connectivity index (χ2n) is 5.10. The zero-order valence-electron chi connectivity index (χ0n) is 11.3. The van der Waals surface area contributed by atoms with E-state index in [-0.39, 0.29) is 0 Å². The van der Waals surface area contributed by atoms with Gasteiger partial charge in [0, 0.05) is 18.7 Å². The lowest BCUT2D eigenvalue weighted by atomic mass is 9.94. The zero-order valence-corrected chi connectivity index (χ0v) is 11.3. The minimum atomic E-state index is 0.590. The number of benzene rings is 1. The number of nitrogens with two attached hydrogens (primary N) is 1. The van der Waals surface area contributed by atoms with Crippen molar-refractivity contribution in [3.8, 4) is 5.75 Å². The monoisotopic (exact) mass is 262 g/mol. The van der Waals surface area contributed by atoms with Gasteiger partial charge in [-0.25, -0.2) is 0 Å². The van der Waals surface area contributed by atoms with Gasteiger partial charge in [0.1, 0.15) is 18.6 Å². The van der Waals surface area contributed by atoms with Gasteiger partial charge < -0.3 is 15.3 Å². The molecule has 4 nitrogen and oxygen atoms in total. The molecule has 1 aliphatic heterocycles. The molecule has 1 aliphatic rings. The van der Waals surface area contributed by atoms with Crippen LogP contribution < -0.4 is 10.5 Å². The lowest BCUT2D eigenvalue weighted by Gasteiger charge is -2.30. The van der Waals surface area contributed by atoms with Crippen LogP contribution in [0.2, 0.25) is 0 Å². The van der Waals surface area contributed by atoms with Gasteiger partial charge in [0.25, 0.3) is 0 Å². The Labute approximate surface area is 114 Å². The molecule has 0 spiro atoms. The Morgan fingerprint density at radius 2 is 1.95 bits per heavy atom. The molecule has 1 fully saturated rings.